The van der Waals surface area contributed by atoms with Crippen molar-refractivity contribution in [3.05, 3.63) is 81.6 Å². The second-order valence-corrected chi connectivity index (χ2v) is 7.57. The lowest BCUT2D eigenvalue weighted by Gasteiger charge is -2.07. The number of rotatable bonds is 6. The SMILES string of the molecule is Cc1ccccc1Cn1nc(NC(=O)c2noc(C)c2Cn2cc(Cl)cn2)cc1C. The van der Waals surface area contributed by atoms with Crippen LogP contribution in [-0.2, 0) is 13.1 Å². The number of anilines is 1. The minimum atomic E-state index is -0.388. The van der Waals surface area contributed by atoms with Crippen LogP contribution in [0, 0.1) is 20.8 Å². The molecule has 1 aromatic carbocycles. The molecule has 0 radical (unpaired) electrons. The Kier molecular flexibility index (Phi) is 5.41. The van der Waals surface area contributed by atoms with Crippen molar-refractivity contribution in [2.24, 2.45) is 0 Å². The molecule has 3 aromatic heterocycles. The number of carbonyl (C=O) groups is 1. The molecule has 0 fully saturated rings. The number of hydrogen-bond donors (Lipinski definition) is 1. The van der Waals surface area contributed by atoms with Crippen LogP contribution in [0.1, 0.15) is 38.6 Å². The number of carbonyl (C=O) groups excluding carboxylic acids is 1. The first kappa shape index (κ1) is 19.9. The van der Waals surface area contributed by atoms with E-state index in [1.165, 1.54) is 17.3 Å². The van der Waals surface area contributed by atoms with E-state index in [1.54, 1.807) is 17.8 Å². The molecule has 4 rings (SSSR count). The van der Waals surface area contributed by atoms with Crippen molar-refractivity contribution in [2.75, 3.05) is 5.32 Å². The Hall–Kier alpha value is -3.39. The molecular formula is C21H21ClN6O2. The number of halogens is 1. The standard InChI is InChI=1S/C21H21ClN6O2/c1-13-6-4-5-7-16(13)10-28-14(2)8-19(25-28)24-21(29)20-18(15(3)30-26-20)12-27-11-17(22)9-23-27/h4-9,11H,10,12H2,1-3H3,(H,24,25,29). The lowest BCUT2D eigenvalue weighted by atomic mass is 10.1. The minimum absolute atomic E-state index is 0.199. The first-order valence-corrected chi connectivity index (χ1v) is 9.82. The average molecular weight is 425 g/mol. The van der Waals surface area contributed by atoms with Gasteiger partial charge in [0.1, 0.15) is 5.76 Å². The normalized spacial score (nSPS) is 11.1. The molecule has 0 aliphatic carbocycles. The molecule has 1 amide bonds. The van der Waals surface area contributed by atoms with E-state index in [4.69, 9.17) is 16.1 Å². The molecule has 0 aliphatic rings. The lowest BCUT2D eigenvalue weighted by Crippen LogP contribution is -2.16. The monoisotopic (exact) mass is 424 g/mol. The topological polar surface area (TPSA) is 90.8 Å². The molecule has 0 unspecified atom stereocenters. The summed E-state index contributed by atoms with van der Waals surface area (Å²) in [6.45, 7) is 6.73. The van der Waals surface area contributed by atoms with Gasteiger partial charge in [-0.25, -0.2) is 0 Å². The Morgan fingerprint density at radius 2 is 2.00 bits per heavy atom. The zero-order chi connectivity index (χ0) is 21.3. The second-order valence-electron chi connectivity index (χ2n) is 7.13. The molecule has 9 heteroatoms. The molecular weight excluding hydrogens is 404 g/mol. The number of amides is 1. The molecule has 3 heterocycles. The van der Waals surface area contributed by atoms with Gasteiger partial charge < -0.3 is 9.84 Å². The van der Waals surface area contributed by atoms with Crippen LogP contribution in [0.3, 0.4) is 0 Å². The molecule has 8 nitrogen and oxygen atoms in total. The maximum Gasteiger partial charge on any atom is 0.279 e. The van der Waals surface area contributed by atoms with Crippen molar-refractivity contribution in [3.8, 4) is 0 Å². The van der Waals surface area contributed by atoms with Crippen molar-refractivity contribution in [1.29, 1.82) is 0 Å². The van der Waals surface area contributed by atoms with Gasteiger partial charge in [0.25, 0.3) is 5.91 Å². The Morgan fingerprint density at radius 3 is 2.73 bits per heavy atom. The van der Waals surface area contributed by atoms with Gasteiger partial charge in [-0.3, -0.25) is 14.2 Å². The van der Waals surface area contributed by atoms with Crippen LogP contribution in [-0.4, -0.2) is 30.6 Å². The number of benzene rings is 1. The highest BCUT2D eigenvalue weighted by atomic mass is 35.5. The summed E-state index contributed by atoms with van der Waals surface area (Å²) in [7, 11) is 0. The second kappa shape index (κ2) is 8.16. The molecule has 1 N–H and O–H groups in total. The minimum Gasteiger partial charge on any atom is -0.361 e. The number of nitrogens with zero attached hydrogens (tertiary/aromatic N) is 5. The molecule has 0 atom stereocenters. The van der Waals surface area contributed by atoms with Crippen molar-refractivity contribution in [1.82, 2.24) is 24.7 Å². The number of aryl methyl sites for hydroxylation is 3. The van der Waals surface area contributed by atoms with Crippen LogP contribution in [0.4, 0.5) is 5.82 Å². The highest BCUT2D eigenvalue weighted by Crippen LogP contribution is 2.19. The molecule has 0 spiro atoms. The summed E-state index contributed by atoms with van der Waals surface area (Å²) in [6, 6.07) is 9.98. The smallest absolute Gasteiger partial charge is 0.279 e. The van der Waals surface area contributed by atoms with E-state index in [2.05, 4.69) is 39.7 Å². The average Bonchev–Trinajstić information content (AvgIpc) is 3.38. The molecule has 154 valence electrons. The van der Waals surface area contributed by atoms with Gasteiger partial charge in [-0.2, -0.15) is 10.2 Å². The van der Waals surface area contributed by atoms with Crippen LogP contribution in [0.5, 0.6) is 0 Å². The summed E-state index contributed by atoms with van der Waals surface area (Å²) in [5, 5.41) is 15.9. The maximum absolute atomic E-state index is 12.8. The van der Waals surface area contributed by atoms with E-state index >= 15 is 0 Å². The van der Waals surface area contributed by atoms with Crippen LogP contribution >= 0.6 is 11.6 Å². The van der Waals surface area contributed by atoms with Crippen LogP contribution < -0.4 is 5.32 Å². The number of nitrogens with one attached hydrogen (secondary N) is 1. The maximum atomic E-state index is 12.8. The van der Waals surface area contributed by atoms with Crippen LogP contribution in [0.25, 0.3) is 0 Å². The van der Waals surface area contributed by atoms with E-state index in [-0.39, 0.29) is 11.6 Å². The third-order valence-corrected chi connectivity index (χ3v) is 5.12. The van der Waals surface area contributed by atoms with E-state index in [9.17, 15) is 4.79 Å². The van der Waals surface area contributed by atoms with E-state index in [1.807, 2.05) is 29.8 Å². The van der Waals surface area contributed by atoms with Gasteiger partial charge in [0.2, 0.25) is 0 Å². The fraction of sp³-hybridized carbons (Fsp3) is 0.238. The van der Waals surface area contributed by atoms with Gasteiger partial charge in [-0.05, 0) is 31.9 Å². The van der Waals surface area contributed by atoms with Crippen molar-refractivity contribution in [2.45, 2.75) is 33.9 Å². The fourth-order valence-corrected chi connectivity index (χ4v) is 3.35. The summed E-state index contributed by atoms with van der Waals surface area (Å²) < 4.78 is 8.73. The molecule has 30 heavy (non-hydrogen) atoms. The Balaban J connectivity index is 1.52. The van der Waals surface area contributed by atoms with Crippen LogP contribution in [0.15, 0.2) is 47.2 Å². The Bertz CT molecular complexity index is 1210. The fourth-order valence-electron chi connectivity index (χ4n) is 3.20. The van der Waals surface area contributed by atoms with Gasteiger partial charge in [0.15, 0.2) is 11.5 Å². The Morgan fingerprint density at radius 1 is 1.20 bits per heavy atom. The highest BCUT2D eigenvalue weighted by molar-refractivity contribution is 6.30. The molecule has 0 bridgehead atoms. The molecule has 4 aromatic rings. The van der Waals surface area contributed by atoms with Crippen molar-refractivity contribution in [3.63, 3.8) is 0 Å². The lowest BCUT2D eigenvalue weighted by molar-refractivity contribution is 0.101. The summed E-state index contributed by atoms with van der Waals surface area (Å²) in [6.07, 6.45) is 3.21. The first-order chi connectivity index (χ1) is 14.4. The van der Waals surface area contributed by atoms with Crippen molar-refractivity contribution < 1.29 is 9.32 Å². The van der Waals surface area contributed by atoms with Gasteiger partial charge in [-0.15, -0.1) is 0 Å². The quantitative estimate of drug-likeness (QED) is 0.505. The third kappa shape index (κ3) is 4.13. The predicted octanol–water partition coefficient (Wildman–Crippen LogP) is 4.00. The third-order valence-electron chi connectivity index (χ3n) is 4.93. The molecule has 0 saturated heterocycles. The zero-order valence-electron chi connectivity index (χ0n) is 16.9. The van der Waals surface area contributed by atoms with Gasteiger partial charge in [-0.1, -0.05) is 41.0 Å². The first-order valence-electron chi connectivity index (χ1n) is 9.44. The summed E-state index contributed by atoms with van der Waals surface area (Å²) in [5.74, 6) is 0.619. The molecule has 0 aliphatic heterocycles. The summed E-state index contributed by atoms with van der Waals surface area (Å²) in [5.41, 5.74) is 4.15. The molecule has 0 saturated carbocycles. The number of hydrogen-bond acceptors (Lipinski definition) is 5. The highest BCUT2D eigenvalue weighted by Gasteiger charge is 2.21. The van der Waals surface area contributed by atoms with E-state index in [0.29, 0.717) is 35.3 Å². The summed E-state index contributed by atoms with van der Waals surface area (Å²) >= 11 is 5.92. The van der Waals surface area contributed by atoms with E-state index < -0.39 is 0 Å². The van der Waals surface area contributed by atoms with Gasteiger partial charge >= 0.3 is 0 Å². The van der Waals surface area contributed by atoms with Gasteiger partial charge in [0.05, 0.1) is 24.3 Å². The largest absolute Gasteiger partial charge is 0.361 e. The summed E-state index contributed by atoms with van der Waals surface area (Å²) in [4.78, 5) is 12.8. The van der Waals surface area contributed by atoms with Crippen LogP contribution in [0.2, 0.25) is 5.02 Å². The number of aromatic nitrogens is 5. The Labute approximate surface area is 178 Å². The predicted molar refractivity (Wildman–Crippen MR) is 113 cm³/mol. The van der Waals surface area contributed by atoms with E-state index in [0.717, 1.165) is 5.69 Å². The van der Waals surface area contributed by atoms with Crippen molar-refractivity contribution >= 4 is 23.3 Å². The van der Waals surface area contributed by atoms with Gasteiger partial charge in [0, 0.05) is 23.5 Å². The zero-order valence-corrected chi connectivity index (χ0v) is 17.6.